The summed E-state index contributed by atoms with van der Waals surface area (Å²) in [5, 5.41) is -0.653. The molecule has 106 valence electrons. The van der Waals surface area contributed by atoms with Gasteiger partial charge in [-0.1, -0.05) is 0 Å². The third kappa shape index (κ3) is 4.38. The van der Waals surface area contributed by atoms with Crippen LogP contribution in [0.25, 0.3) is 0 Å². The maximum absolute atomic E-state index is 11.4. The van der Waals surface area contributed by atoms with Gasteiger partial charge in [0.05, 0.1) is 5.60 Å². The molecule has 8 heteroatoms. The quantitative estimate of drug-likeness (QED) is 0.414. The van der Waals surface area contributed by atoms with Crippen LogP contribution in [0.1, 0.15) is 26.7 Å². The monoisotopic (exact) mass is 300 g/mol. The summed E-state index contributed by atoms with van der Waals surface area (Å²) in [6, 6.07) is 0. The molecule has 0 aromatic rings. The predicted octanol–water partition coefficient (Wildman–Crippen LogP) is 1.03. The number of carbonyl (C=O) groups excluding carboxylic acids is 1. The van der Waals surface area contributed by atoms with Gasteiger partial charge >= 0.3 is 5.97 Å². The Kier molecular flexibility index (Phi) is 5.39. The average Bonchev–Trinajstić information content (AvgIpc) is 2.72. The van der Waals surface area contributed by atoms with Crippen molar-refractivity contribution in [2.45, 2.75) is 38.4 Å². The molecule has 1 aliphatic heterocycles. The molecular formula is C10H17ClO6S. The third-order valence-corrected chi connectivity index (χ3v) is 4.36. The Morgan fingerprint density at radius 2 is 2.22 bits per heavy atom. The van der Waals surface area contributed by atoms with Crippen LogP contribution in [0.4, 0.5) is 0 Å². The fourth-order valence-corrected chi connectivity index (χ4v) is 2.57. The van der Waals surface area contributed by atoms with Crippen molar-refractivity contribution in [3.05, 3.63) is 0 Å². The molecule has 0 amide bonds. The van der Waals surface area contributed by atoms with Crippen LogP contribution < -0.4 is 0 Å². The Bertz CT molecular complexity index is 387. The zero-order valence-corrected chi connectivity index (χ0v) is 11.9. The SMILES string of the molecule is CC(=O)OC[C@@H](OS(=O)(=O)CCl)[C@]1(C)CCCO1. The molecule has 0 aromatic carbocycles. The van der Waals surface area contributed by atoms with Crippen LogP contribution in [0.5, 0.6) is 0 Å². The van der Waals surface area contributed by atoms with Crippen LogP contribution in [-0.2, 0) is 28.6 Å². The number of halogens is 1. The molecule has 0 bridgehead atoms. The zero-order chi connectivity index (χ0) is 13.8. The van der Waals surface area contributed by atoms with Gasteiger partial charge in [-0.3, -0.25) is 8.98 Å². The highest BCUT2D eigenvalue weighted by atomic mass is 35.5. The van der Waals surface area contributed by atoms with E-state index < -0.39 is 33.0 Å². The Balaban J connectivity index is 2.77. The molecule has 0 aromatic heterocycles. The second kappa shape index (κ2) is 6.18. The van der Waals surface area contributed by atoms with E-state index in [0.717, 1.165) is 6.42 Å². The van der Waals surface area contributed by atoms with Gasteiger partial charge in [0.1, 0.15) is 17.9 Å². The van der Waals surface area contributed by atoms with Crippen LogP contribution in [0.15, 0.2) is 0 Å². The van der Waals surface area contributed by atoms with E-state index in [1.54, 1.807) is 6.92 Å². The normalized spacial score (nSPS) is 25.9. The molecule has 0 saturated carbocycles. The first-order chi connectivity index (χ1) is 8.29. The highest BCUT2D eigenvalue weighted by Gasteiger charge is 2.42. The van der Waals surface area contributed by atoms with Crippen molar-refractivity contribution in [2.75, 3.05) is 18.4 Å². The predicted molar refractivity (Wildman–Crippen MR) is 64.7 cm³/mol. The van der Waals surface area contributed by atoms with Crippen molar-refractivity contribution in [3.8, 4) is 0 Å². The first-order valence-corrected chi connectivity index (χ1v) is 7.64. The largest absolute Gasteiger partial charge is 0.463 e. The van der Waals surface area contributed by atoms with Crippen molar-refractivity contribution < 1.29 is 26.9 Å². The Labute approximate surface area is 112 Å². The van der Waals surface area contributed by atoms with E-state index in [9.17, 15) is 13.2 Å². The van der Waals surface area contributed by atoms with Gasteiger partial charge in [-0.25, -0.2) is 0 Å². The van der Waals surface area contributed by atoms with Gasteiger partial charge in [-0.15, -0.1) is 11.6 Å². The molecule has 0 unspecified atom stereocenters. The van der Waals surface area contributed by atoms with Crippen LogP contribution in [0.3, 0.4) is 0 Å². The smallest absolute Gasteiger partial charge is 0.302 e. The van der Waals surface area contributed by atoms with Gasteiger partial charge < -0.3 is 9.47 Å². The van der Waals surface area contributed by atoms with Crippen molar-refractivity contribution in [3.63, 3.8) is 0 Å². The standard InChI is InChI=1S/C10H17ClO6S/c1-8(12)15-6-9(17-18(13,14)7-11)10(2)4-3-5-16-10/h9H,3-7H2,1-2H3/t9-,10+/m1/s1. The molecule has 6 nitrogen and oxygen atoms in total. The van der Waals surface area contributed by atoms with Gasteiger partial charge in [0, 0.05) is 13.5 Å². The van der Waals surface area contributed by atoms with Crippen LogP contribution >= 0.6 is 11.6 Å². The molecule has 1 saturated heterocycles. The number of hydrogen-bond acceptors (Lipinski definition) is 6. The summed E-state index contributed by atoms with van der Waals surface area (Å²) in [5.74, 6) is -0.506. The first kappa shape index (κ1) is 15.7. The highest BCUT2D eigenvalue weighted by molar-refractivity contribution is 7.87. The minimum atomic E-state index is -3.85. The molecule has 1 rings (SSSR count). The number of esters is 1. The minimum absolute atomic E-state index is 0.179. The topological polar surface area (TPSA) is 78.9 Å². The maximum Gasteiger partial charge on any atom is 0.302 e. The second-order valence-electron chi connectivity index (χ2n) is 4.32. The van der Waals surface area contributed by atoms with E-state index in [-0.39, 0.29) is 6.61 Å². The van der Waals surface area contributed by atoms with Crippen molar-refractivity contribution in [1.82, 2.24) is 0 Å². The number of rotatable bonds is 6. The van der Waals surface area contributed by atoms with Gasteiger partial charge in [0.25, 0.3) is 10.1 Å². The van der Waals surface area contributed by atoms with Gasteiger partial charge in [-0.05, 0) is 19.8 Å². The molecule has 0 spiro atoms. The molecule has 1 fully saturated rings. The molecule has 2 atom stereocenters. The van der Waals surface area contributed by atoms with Gasteiger partial charge in [-0.2, -0.15) is 8.42 Å². The Hall–Kier alpha value is -0.370. The lowest BCUT2D eigenvalue weighted by molar-refractivity contribution is -0.149. The number of hydrogen-bond donors (Lipinski definition) is 0. The molecule has 0 N–H and O–H groups in total. The first-order valence-electron chi connectivity index (χ1n) is 5.53. The average molecular weight is 301 g/mol. The Morgan fingerprint density at radius 3 is 2.67 bits per heavy atom. The molecule has 18 heavy (non-hydrogen) atoms. The van der Waals surface area contributed by atoms with E-state index in [2.05, 4.69) is 0 Å². The summed E-state index contributed by atoms with van der Waals surface area (Å²) >= 11 is 5.29. The van der Waals surface area contributed by atoms with Crippen molar-refractivity contribution in [1.29, 1.82) is 0 Å². The Morgan fingerprint density at radius 1 is 1.56 bits per heavy atom. The second-order valence-corrected chi connectivity index (χ2v) is 6.50. The zero-order valence-electron chi connectivity index (χ0n) is 10.3. The van der Waals surface area contributed by atoms with E-state index in [0.29, 0.717) is 13.0 Å². The lowest BCUT2D eigenvalue weighted by atomic mass is 9.96. The maximum atomic E-state index is 11.4. The molecule has 1 heterocycles. The van der Waals surface area contributed by atoms with E-state index >= 15 is 0 Å². The summed E-state index contributed by atoms with van der Waals surface area (Å²) in [7, 11) is -3.85. The minimum Gasteiger partial charge on any atom is -0.463 e. The summed E-state index contributed by atoms with van der Waals surface area (Å²) in [5.41, 5.74) is -0.783. The highest BCUT2D eigenvalue weighted by Crippen LogP contribution is 2.31. The molecule has 0 aliphatic carbocycles. The van der Waals surface area contributed by atoms with Gasteiger partial charge in [0.2, 0.25) is 0 Å². The summed E-state index contributed by atoms with van der Waals surface area (Å²) in [6.07, 6.45) is 0.557. The van der Waals surface area contributed by atoms with Gasteiger partial charge in [0.15, 0.2) is 0 Å². The van der Waals surface area contributed by atoms with E-state index in [1.165, 1.54) is 6.92 Å². The van der Waals surface area contributed by atoms with E-state index in [1.807, 2.05) is 0 Å². The summed E-state index contributed by atoms with van der Waals surface area (Å²) in [4.78, 5) is 10.8. The number of ether oxygens (including phenoxy) is 2. The number of alkyl halides is 1. The summed E-state index contributed by atoms with van der Waals surface area (Å²) < 4.78 is 38.1. The lowest BCUT2D eigenvalue weighted by Crippen LogP contribution is -2.45. The number of carbonyl (C=O) groups is 1. The van der Waals surface area contributed by atoms with Crippen molar-refractivity contribution in [2.24, 2.45) is 0 Å². The van der Waals surface area contributed by atoms with Crippen molar-refractivity contribution >= 4 is 27.7 Å². The third-order valence-electron chi connectivity index (χ3n) is 2.76. The lowest BCUT2D eigenvalue weighted by Gasteiger charge is -2.31. The van der Waals surface area contributed by atoms with Crippen LogP contribution in [0, 0.1) is 0 Å². The molecule has 1 aliphatic rings. The molecule has 0 radical (unpaired) electrons. The van der Waals surface area contributed by atoms with E-state index in [4.69, 9.17) is 25.3 Å². The van der Waals surface area contributed by atoms with Crippen LogP contribution in [-0.4, -0.2) is 44.5 Å². The molecular weight excluding hydrogens is 284 g/mol. The van der Waals surface area contributed by atoms with Crippen LogP contribution in [0.2, 0.25) is 0 Å². The fraction of sp³-hybridized carbons (Fsp3) is 0.900. The fourth-order valence-electron chi connectivity index (χ4n) is 1.76. The summed E-state index contributed by atoms with van der Waals surface area (Å²) in [6.45, 7) is 3.32.